The molecule has 2 aromatic carbocycles. The van der Waals surface area contributed by atoms with Gasteiger partial charge in [-0.25, -0.2) is 13.4 Å². The smallest absolute Gasteiger partial charge is 0.230 e. The van der Waals surface area contributed by atoms with E-state index in [-0.39, 0.29) is 17.2 Å². The molecule has 0 saturated heterocycles. The van der Waals surface area contributed by atoms with E-state index in [0.29, 0.717) is 31.0 Å². The number of hydrogen-bond acceptors (Lipinski definition) is 5. The molecule has 0 bridgehead atoms. The van der Waals surface area contributed by atoms with Crippen molar-refractivity contribution in [2.75, 3.05) is 5.32 Å². The summed E-state index contributed by atoms with van der Waals surface area (Å²) < 4.78 is 25.0. The maximum absolute atomic E-state index is 12.3. The van der Waals surface area contributed by atoms with Crippen LogP contribution in [0.4, 0.5) is 5.13 Å². The minimum absolute atomic E-state index is 0.0966. The number of sulfone groups is 1. The third-order valence-corrected chi connectivity index (χ3v) is 7.84. The van der Waals surface area contributed by atoms with Crippen LogP contribution in [0.3, 0.4) is 0 Å². The third-order valence-electron chi connectivity index (χ3n) is 3.93. The van der Waals surface area contributed by atoms with Crippen molar-refractivity contribution >= 4 is 65.6 Å². The quantitative estimate of drug-likeness (QED) is 0.604. The molecule has 0 atom stereocenters. The van der Waals surface area contributed by atoms with Gasteiger partial charge in [0.15, 0.2) is 15.0 Å². The Morgan fingerprint density at radius 2 is 1.74 bits per heavy atom. The summed E-state index contributed by atoms with van der Waals surface area (Å²) in [5.41, 5.74) is 1.25. The number of aromatic nitrogens is 1. The Labute approximate surface area is 171 Å². The van der Waals surface area contributed by atoms with Crippen molar-refractivity contribution in [3.63, 3.8) is 0 Å². The molecule has 1 aromatic heterocycles. The normalized spacial score (nSPS) is 11.9. The van der Waals surface area contributed by atoms with E-state index in [0.717, 1.165) is 0 Å². The number of anilines is 1. The summed E-state index contributed by atoms with van der Waals surface area (Å²) in [7, 11) is -3.33. The van der Waals surface area contributed by atoms with Crippen molar-refractivity contribution in [3.8, 4) is 0 Å². The molecule has 3 aromatic rings. The van der Waals surface area contributed by atoms with Crippen LogP contribution in [0.5, 0.6) is 0 Å². The predicted octanol–water partition coefficient (Wildman–Crippen LogP) is 4.97. The fourth-order valence-electron chi connectivity index (χ4n) is 2.42. The highest BCUT2D eigenvalue weighted by Crippen LogP contribution is 2.36. The standard InChI is InChI=1S/C18H16Cl2N2O3S2/c1-10(2)27(24,25)12-5-3-11(4-6-12)9-15(23)21-18-22-16-13(19)7-8-14(20)17(16)26-18/h3-8,10H,9H2,1-2H3,(H,21,22,23). The summed E-state index contributed by atoms with van der Waals surface area (Å²) in [4.78, 5) is 16.8. The van der Waals surface area contributed by atoms with Crippen LogP contribution in [0.2, 0.25) is 10.0 Å². The van der Waals surface area contributed by atoms with Gasteiger partial charge in [0.1, 0.15) is 5.52 Å². The first-order valence-corrected chi connectivity index (χ1v) is 11.2. The zero-order valence-electron chi connectivity index (χ0n) is 14.5. The van der Waals surface area contributed by atoms with Gasteiger partial charge >= 0.3 is 0 Å². The Hall–Kier alpha value is -1.67. The summed E-state index contributed by atoms with van der Waals surface area (Å²) in [6, 6.07) is 9.67. The number of fused-ring (bicyclic) bond motifs is 1. The van der Waals surface area contributed by atoms with E-state index in [1.54, 1.807) is 38.1 Å². The van der Waals surface area contributed by atoms with Gasteiger partial charge in [0, 0.05) is 0 Å². The summed E-state index contributed by atoms with van der Waals surface area (Å²) in [6.45, 7) is 3.26. The van der Waals surface area contributed by atoms with E-state index in [1.165, 1.54) is 23.5 Å². The van der Waals surface area contributed by atoms with Crippen LogP contribution in [0.15, 0.2) is 41.3 Å². The predicted molar refractivity (Wildman–Crippen MR) is 111 cm³/mol. The average Bonchev–Trinajstić information content (AvgIpc) is 3.03. The number of carbonyl (C=O) groups is 1. The van der Waals surface area contributed by atoms with Crippen molar-refractivity contribution < 1.29 is 13.2 Å². The lowest BCUT2D eigenvalue weighted by Crippen LogP contribution is -2.15. The maximum atomic E-state index is 12.3. The molecule has 0 aliphatic carbocycles. The molecule has 9 heteroatoms. The molecule has 3 rings (SSSR count). The van der Waals surface area contributed by atoms with Gasteiger partial charge in [0.25, 0.3) is 0 Å². The highest BCUT2D eigenvalue weighted by atomic mass is 35.5. The van der Waals surface area contributed by atoms with Crippen molar-refractivity contribution in [3.05, 3.63) is 52.0 Å². The first-order valence-electron chi connectivity index (χ1n) is 8.05. The van der Waals surface area contributed by atoms with Gasteiger partial charge in [0.2, 0.25) is 5.91 Å². The largest absolute Gasteiger partial charge is 0.302 e. The lowest BCUT2D eigenvalue weighted by molar-refractivity contribution is -0.115. The van der Waals surface area contributed by atoms with E-state index in [4.69, 9.17) is 23.2 Å². The molecule has 142 valence electrons. The van der Waals surface area contributed by atoms with Gasteiger partial charge in [-0.2, -0.15) is 0 Å². The molecule has 27 heavy (non-hydrogen) atoms. The maximum Gasteiger partial charge on any atom is 0.230 e. The molecule has 0 spiro atoms. The Morgan fingerprint density at radius 3 is 2.33 bits per heavy atom. The van der Waals surface area contributed by atoms with Crippen LogP contribution >= 0.6 is 34.5 Å². The highest BCUT2D eigenvalue weighted by molar-refractivity contribution is 7.92. The molecule has 0 saturated carbocycles. The number of rotatable bonds is 5. The second-order valence-electron chi connectivity index (χ2n) is 6.19. The molecule has 1 heterocycles. The highest BCUT2D eigenvalue weighted by Gasteiger charge is 2.19. The van der Waals surface area contributed by atoms with Crippen LogP contribution in [0.1, 0.15) is 19.4 Å². The zero-order valence-corrected chi connectivity index (χ0v) is 17.6. The van der Waals surface area contributed by atoms with Crippen molar-refractivity contribution in [1.29, 1.82) is 0 Å². The summed E-state index contributed by atoms with van der Waals surface area (Å²) >= 11 is 13.5. The number of halogens is 2. The SMILES string of the molecule is CC(C)S(=O)(=O)c1ccc(CC(=O)Nc2nc3c(Cl)ccc(Cl)c3s2)cc1. The zero-order chi connectivity index (χ0) is 19.8. The molecule has 0 radical (unpaired) electrons. The number of nitrogens with zero attached hydrogens (tertiary/aromatic N) is 1. The molecular formula is C18H16Cl2N2O3S2. The topological polar surface area (TPSA) is 76.1 Å². The fourth-order valence-corrected chi connectivity index (χ4v) is 4.91. The van der Waals surface area contributed by atoms with E-state index in [9.17, 15) is 13.2 Å². The van der Waals surface area contributed by atoms with Crippen molar-refractivity contribution in [2.45, 2.75) is 30.4 Å². The van der Waals surface area contributed by atoms with E-state index < -0.39 is 15.1 Å². The first-order chi connectivity index (χ1) is 12.7. The van der Waals surface area contributed by atoms with E-state index >= 15 is 0 Å². The Bertz CT molecular complexity index is 1070. The monoisotopic (exact) mass is 442 g/mol. The summed E-state index contributed by atoms with van der Waals surface area (Å²) in [5.74, 6) is -0.263. The minimum Gasteiger partial charge on any atom is -0.302 e. The van der Waals surface area contributed by atoms with Gasteiger partial charge in [-0.3, -0.25) is 4.79 Å². The molecular weight excluding hydrogens is 427 g/mol. The van der Waals surface area contributed by atoms with Gasteiger partial charge < -0.3 is 5.32 Å². The molecule has 0 unspecified atom stereocenters. The van der Waals surface area contributed by atoms with Crippen LogP contribution in [-0.2, 0) is 21.1 Å². The third kappa shape index (κ3) is 4.27. The summed E-state index contributed by atoms with van der Waals surface area (Å²) in [6.07, 6.45) is 0.0966. The fraction of sp³-hybridized carbons (Fsp3) is 0.222. The van der Waals surface area contributed by atoms with Crippen LogP contribution in [-0.4, -0.2) is 24.6 Å². The Kier molecular flexibility index (Phi) is 5.76. The first kappa shape index (κ1) is 20.1. The van der Waals surface area contributed by atoms with Crippen molar-refractivity contribution in [1.82, 2.24) is 4.98 Å². The molecule has 0 fully saturated rings. The van der Waals surface area contributed by atoms with E-state index in [1.807, 2.05) is 0 Å². The molecule has 5 nitrogen and oxygen atoms in total. The van der Waals surface area contributed by atoms with Gasteiger partial charge in [-0.1, -0.05) is 46.7 Å². The average molecular weight is 443 g/mol. The number of thiazole rings is 1. The number of carbonyl (C=O) groups excluding carboxylic acids is 1. The van der Waals surface area contributed by atoms with Gasteiger partial charge in [-0.05, 0) is 43.7 Å². The second-order valence-corrected chi connectivity index (χ2v) is 10.5. The summed E-state index contributed by atoms with van der Waals surface area (Å²) in [5, 5.41) is 3.63. The number of amides is 1. The molecule has 1 amide bonds. The molecule has 0 aliphatic rings. The van der Waals surface area contributed by atoms with Gasteiger partial charge in [0.05, 0.1) is 31.3 Å². The molecule has 1 N–H and O–H groups in total. The Morgan fingerprint density at radius 1 is 1.11 bits per heavy atom. The van der Waals surface area contributed by atoms with Crippen LogP contribution in [0.25, 0.3) is 10.2 Å². The van der Waals surface area contributed by atoms with Crippen LogP contribution in [0, 0.1) is 0 Å². The lowest BCUT2D eigenvalue weighted by atomic mass is 10.1. The van der Waals surface area contributed by atoms with Crippen molar-refractivity contribution in [2.24, 2.45) is 0 Å². The minimum atomic E-state index is -3.33. The Balaban J connectivity index is 1.73. The van der Waals surface area contributed by atoms with Crippen LogP contribution < -0.4 is 5.32 Å². The number of nitrogens with one attached hydrogen (secondary N) is 1. The van der Waals surface area contributed by atoms with E-state index in [2.05, 4.69) is 10.3 Å². The number of hydrogen-bond donors (Lipinski definition) is 1. The van der Waals surface area contributed by atoms with Gasteiger partial charge in [-0.15, -0.1) is 0 Å². The lowest BCUT2D eigenvalue weighted by Gasteiger charge is -2.08. The molecule has 0 aliphatic heterocycles. The second kappa shape index (κ2) is 7.75. The number of benzene rings is 2.